The quantitative estimate of drug-likeness (QED) is 0.875. The third kappa shape index (κ3) is 3.17. The van der Waals surface area contributed by atoms with Crippen LogP contribution in [0.15, 0.2) is 36.4 Å². The van der Waals surface area contributed by atoms with Crippen LogP contribution in [0.2, 0.25) is 0 Å². The molecule has 0 fully saturated rings. The van der Waals surface area contributed by atoms with Gasteiger partial charge in [0.2, 0.25) is 11.8 Å². The fourth-order valence-electron chi connectivity index (χ4n) is 1.44. The van der Waals surface area contributed by atoms with Crippen LogP contribution in [-0.2, 0) is 0 Å². The van der Waals surface area contributed by atoms with Gasteiger partial charge >= 0.3 is 0 Å². The number of nitrogens with zero attached hydrogens (tertiary/aromatic N) is 2. The van der Waals surface area contributed by atoms with E-state index in [9.17, 15) is 0 Å². The summed E-state index contributed by atoms with van der Waals surface area (Å²) in [6.07, 6.45) is 0. The van der Waals surface area contributed by atoms with Gasteiger partial charge in [-0.3, -0.25) is 0 Å². The number of anilines is 1. The predicted octanol–water partition coefficient (Wildman–Crippen LogP) is 3.01. The highest BCUT2D eigenvalue weighted by molar-refractivity contribution is 5.33. The van der Waals surface area contributed by atoms with Crippen molar-refractivity contribution in [3.05, 3.63) is 42.1 Å². The average Bonchev–Trinajstić information content (AvgIpc) is 2.30. The van der Waals surface area contributed by atoms with Crippen molar-refractivity contribution in [2.24, 2.45) is 0 Å². The fourth-order valence-corrected chi connectivity index (χ4v) is 1.44. The Labute approximate surface area is 101 Å². The van der Waals surface area contributed by atoms with Crippen molar-refractivity contribution >= 4 is 5.95 Å². The first-order valence-corrected chi connectivity index (χ1v) is 5.60. The Balaban J connectivity index is 2.21. The SMILES string of the molecule is CCNc1nc(C)cc(Oc2ccccc2)n1. The van der Waals surface area contributed by atoms with Gasteiger partial charge in [0, 0.05) is 18.3 Å². The second-order valence-electron chi connectivity index (χ2n) is 3.62. The minimum Gasteiger partial charge on any atom is -0.439 e. The largest absolute Gasteiger partial charge is 0.439 e. The molecule has 1 N–H and O–H groups in total. The van der Waals surface area contributed by atoms with Crippen LogP contribution in [0, 0.1) is 6.92 Å². The van der Waals surface area contributed by atoms with Crippen LogP contribution >= 0.6 is 0 Å². The van der Waals surface area contributed by atoms with Crippen LogP contribution < -0.4 is 10.1 Å². The summed E-state index contributed by atoms with van der Waals surface area (Å²) in [7, 11) is 0. The van der Waals surface area contributed by atoms with E-state index in [1.165, 1.54) is 0 Å². The van der Waals surface area contributed by atoms with Gasteiger partial charge in [-0.15, -0.1) is 0 Å². The molecule has 0 aliphatic carbocycles. The maximum atomic E-state index is 5.66. The van der Waals surface area contributed by atoms with E-state index >= 15 is 0 Å². The van der Waals surface area contributed by atoms with E-state index < -0.39 is 0 Å². The van der Waals surface area contributed by atoms with Gasteiger partial charge in [0.1, 0.15) is 5.75 Å². The second-order valence-corrected chi connectivity index (χ2v) is 3.62. The minimum absolute atomic E-state index is 0.555. The fraction of sp³-hybridized carbons (Fsp3) is 0.231. The summed E-state index contributed by atoms with van der Waals surface area (Å²) < 4.78 is 5.66. The van der Waals surface area contributed by atoms with E-state index in [1.807, 2.05) is 50.2 Å². The highest BCUT2D eigenvalue weighted by Gasteiger charge is 2.03. The van der Waals surface area contributed by atoms with Crippen LogP contribution in [0.25, 0.3) is 0 Å². The molecule has 0 amide bonds. The number of ether oxygens (including phenoxy) is 1. The third-order valence-electron chi connectivity index (χ3n) is 2.13. The maximum absolute atomic E-state index is 5.66. The van der Waals surface area contributed by atoms with E-state index in [0.717, 1.165) is 18.0 Å². The topological polar surface area (TPSA) is 47.0 Å². The van der Waals surface area contributed by atoms with Crippen molar-refractivity contribution in [1.82, 2.24) is 9.97 Å². The number of hydrogen-bond donors (Lipinski definition) is 1. The summed E-state index contributed by atoms with van der Waals surface area (Å²) in [6, 6.07) is 11.4. The first-order chi connectivity index (χ1) is 8.28. The molecule has 0 saturated heterocycles. The average molecular weight is 229 g/mol. The van der Waals surface area contributed by atoms with E-state index in [2.05, 4.69) is 15.3 Å². The van der Waals surface area contributed by atoms with Crippen molar-refractivity contribution in [3.8, 4) is 11.6 Å². The van der Waals surface area contributed by atoms with Gasteiger partial charge in [0.25, 0.3) is 0 Å². The summed E-state index contributed by atoms with van der Waals surface area (Å²) in [4.78, 5) is 8.54. The van der Waals surface area contributed by atoms with Gasteiger partial charge in [0.05, 0.1) is 0 Å². The zero-order chi connectivity index (χ0) is 12.1. The van der Waals surface area contributed by atoms with Gasteiger partial charge in [-0.25, -0.2) is 4.98 Å². The number of aryl methyl sites for hydroxylation is 1. The number of aromatic nitrogens is 2. The molecule has 0 spiro atoms. The Morgan fingerprint density at radius 3 is 2.65 bits per heavy atom. The minimum atomic E-state index is 0.555. The van der Waals surface area contributed by atoms with E-state index in [0.29, 0.717) is 11.8 Å². The van der Waals surface area contributed by atoms with Crippen molar-refractivity contribution in [2.45, 2.75) is 13.8 Å². The molecule has 4 nitrogen and oxygen atoms in total. The third-order valence-corrected chi connectivity index (χ3v) is 2.13. The molecule has 1 aromatic carbocycles. The Kier molecular flexibility index (Phi) is 3.55. The molecule has 0 saturated carbocycles. The number of hydrogen-bond acceptors (Lipinski definition) is 4. The van der Waals surface area contributed by atoms with Crippen LogP contribution in [0.5, 0.6) is 11.6 Å². The highest BCUT2D eigenvalue weighted by Crippen LogP contribution is 2.20. The first kappa shape index (κ1) is 11.4. The summed E-state index contributed by atoms with van der Waals surface area (Å²) in [5.74, 6) is 1.92. The lowest BCUT2D eigenvalue weighted by Gasteiger charge is -2.07. The molecule has 0 aliphatic rings. The molecule has 0 aliphatic heterocycles. The summed E-state index contributed by atoms with van der Waals surface area (Å²) in [6.45, 7) is 4.71. The Morgan fingerprint density at radius 2 is 1.94 bits per heavy atom. The number of rotatable bonds is 4. The lowest BCUT2D eigenvalue weighted by atomic mass is 10.3. The number of nitrogens with one attached hydrogen (secondary N) is 1. The van der Waals surface area contributed by atoms with Gasteiger partial charge < -0.3 is 10.1 Å². The van der Waals surface area contributed by atoms with Crippen molar-refractivity contribution in [1.29, 1.82) is 0 Å². The predicted molar refractivity (Wildman–Crippen MR) is 67.4 cm³/mol. The van der Waals surface area contributed by atoms with E-state index in [4.69, 9.17) is 4.74 Å². The van der Waals surface area contributed by atoms with Gasteiger partial charge in [0.15, 0.2) is 0 Å². The Hall–Kier alpha value is -2.10. The molecular formula is C13H15N3O. The standard InChI is InChI=1S/C13H15N3O/c1-3-14-13-15-10(2)9-12(16-13)17-11-7-5-4-6-8-11/h4-9H,3H2,1-2H3,(H,14,15,16). The molecule has 88 valence electrons. The monoisotopic (exact) mass is 229 g/mol. The lowest BCUT2D eigenvalue weighted by Crippen LogP contribution is -2.03. The summed E-state index contributed by atoms with van der Waals surface area (Å²) in [5.41, 5.74) is 0.877. The molecule has 1 aromatic heterocycles. The molecule has 0 bridgehead atoms. The molecule has 0 unspecified atom stereocenters. The molecule has 1 heterocycles. The van der Waals surface area contributed by atoms with Gasteiger partial charge in [-0.2, -0.15) is 4.98 Å². The smallest absolute Gasteiger partial charge is 0.226 e. The molecule has 17 heavy (non-hydrogen) atoms. The van der Waals surface area contributed by atoms with Crippen molar-refractivity contribution in [3.63, 3.8) is 0 Å². The zero-order valence-corrected chi connectivity index (χ0v) is 9.97. The van der Waals surface area contributed by atoms with Crippen LogP contribution in [0.4, 0.5) is 5.95 Å². The highest BCUT2D eigenvalue weighted by atomic mass is 16.5. The summed E-state index contributed by atoms with van der Waals surface area (Å²) >= 11 is 0. The molecule has 0 radical (unpaired) electrons. The molecule has 4 heteroatoms. The van der Waals surface area contributed by atoms with Gasteiger partial charge in [-0.05, 0) is 26.0 Å². The normalized spacial score (nSPS) is 10.0. The maximum Gasteiger partial charge on any atom is 0.226 e. The van der Waals surface area contributed by atoms with E-state index in [-0.39, 0.29) is 0 Å². The summed E-state index contributed by atoms with van der Waals surface area (Å²) in [5, 5.41) is 3.07. The van der Waals surface area contributed by atoms with Crippen molar-refractivity contribution < 1.29 is 4.74 Å². The zero-order valence-electron chi connectivity index (χ0n) is 9.97. The van der Waals surface area contributed by atoms with Crippen LogP contribution in [0.1, 0.15) is 12.6 Å². The Bertz CT molecular complexity index is 485. The molecule has 2 aromatic rings. The van der Waals surface area contributed by atoms with E-state index in [1.54, 1.807) is 0 Å². The van der Waals surface area contributed by atoms with Crippen LogP contribution in [0.3, 0.4) is 0 Å². The second kappa shape index (κ2) is 5.30. The molecule has 2 rings (SSSR count). The molecular weight excluding hydrogens is 214 g/mol. The van der Waals surface area contributed by atoms with Crippen molar-refractivity contribution in [2.75, 3.05) is 11.9 Å². The van der Waals surface area contributed by atoms with Gasteiger partial charge in [-0.1, -0.05) is 18.2 Å². The first-order valence-electron chi connectivity index (χ1n) is 5.60. The number of para-hydroxylation sites is 1. The van der Waals surface area contributed by atoms with Crippen LogP contribution in [-0.4, -0.2) is 16.5 Å². The molecule has 0 atom stereocenters. The number of benzene rings is 1. The Morgan fingerprint density at radius 1 is 1.18 bits per heavy atom. The lowest BCUT2D eigenvalue weighted by molar-refractivity contribution is 0.461.